The summed E-state index contributed by atoms with van der Waals surface area (Å²) in [6.07, 6.45) is 0. The van der Waals surface area contributed by atoms with E-state index in [9.17, 15) is 0 Å². The molecule has 0 saturated carbocycles. The first kappa shape index (κ1) is 81.6. The summed E-state index contributed by atoms with van der Waals surface area (Å²) in [5.41, 5.74) is 40.7. The van der Waals surface area contributed by atoms with Gasteiger partial charge in [0.25, 0.3) is 0 Å². The van der Waals surface area contributed by atoms with Crippen LogP contribution in [0, 0.1) is 0 Å². The molecule has 138 heavy (non-hydrogen) atoms. The molecule has 4 aromatic heterocycles. The number of fused-ring (bicyclic) bond motifs is 12. The van der Waals surface area contributed by atoms with Crippen LogP contribution in [0.3, 0.4) is 0 Å². The predicted octanol–water partition coefficient (Wildman–Crippen LogP) is 37.0. The molecule has 0 spiro atoms. The first-order valence-corrected chi connectivity index (χ1v) is 47.1. The van der Waals surface area contributed by atoms with Gasteiger partial charge in [0.05, 0.1) is 33.4 Å². The van der Waals surface area contributed by atoms with Gasteiger partial charge in [-0.1, -0.05) is 400 Å². The second kappa shape index (κ2) is 35.3. The number of benzene rings is 22. The van der Waals surface area contributed by atoms with Gasteiger partial charge in [0, 0.05) is 88.3 Å². The summed E-state index contributed by atoms with van der Waals surface area (Å²) in [5, 5.41) is 9.59. The number of rotatable bonds is 18. The van der Waals surface area contributed by atoms with Crippen LogP contribution in [0.2, 0.25) is 0 Å². The summed E-state index contributed by atoms with van der Waals surface area (Å²) in [6, 6.07) is 192. The SMILES string of the molecule is c1ccc(-c2ccc(-c3ccc(N(c4ccc(-c5ccc(-c6cccc7oc8ccccc8c67)cc5)cc4)c4ccc(-c5ccccc5-n5c6ccccc6c6ccccc65)cc4)cc3)cc2)cc1.c1ccc(-c2ccc(-c3cccc(N(c4ccc(-c5ccc(-c6cccc7oc8ccccc8c67)cc5)cc4)c4ccc(-c5ccccc5-n5c6ccccc6c6ccccc65)cc4)c3)cc2)cc1. The van der Waals surface area contributed by atoms with Crippen molar-refractivity contribution in [1.29, 1.82) is 0 Å². The molecule has 0 fully saturated rings. The first-order chi connectivity index (χ1) is 68.4. The molecular formula is C132H88N4O2. The Balaban J connectivity index is 0.000000146. The number of hydrogen-bond donors (Lipinski definition) is 0. The van der Waals surface area contributed by atoms with Crippen LogP contribution in [-0.4, -0.2) is 9.13 Å². The standard InChI is InChI=1S/2C66H44N2O/c1-2-14-45(15-3-1)46-28-30-49(31-29-46)52-16-12-17-55(44-52)67(53-40-36-48(37-41-53)47-32-34-51(35-33-47)57-22-13-27-65-66(57)60-21-7-11-26-64(60)69-65)54-42-38-50(39-43-54)56-18-4-8-23-61(56)68-62-24-9-5-19-58(62)59-20-6-10-25-63(59)68;1-2-13-45(14-3-1)46-25-27-47(28-26-46)49-33-39-53(40-34-49)67(54-41-35-50(36-42-54)48-29-31-52(32-30-48)57-19-12-24-65-66(57)60-18-7-11-23-64(60)69-65)55-43-37-51(38-44-55)56-15-4-8-20-61(56)68-62-21-9-5-16-58(62)59-17-6-10-22-63(59)68/h2*1-44H. The maximum Gasteiger partial charge on any atom is 0.136 e. The molecule has 22 aromatic carbocycles. The highest BCUT2D eigenvalue weighted by Gasteiger charge is 2.24. The van der Waals surface area contributed by atoms with Crippen LogP contribution in [-0.2, 0) is 0 Å². The van der Waals surface area contributed by atoms with Gasteiger partial charge in [-0.05, 0) is 234 Å². The van der Waals surface area contributed by atoms with E-state index in [1.54, 1.807) is 0 Å². The molecular weight excluding hydrogens is 1670 g/mol. The van der Waals surface area contributed by atoms with Gasteiger partial charge in [0.2, 0.25) is 0 Å². The number of aromatic nitrogens is 2. The van der Waals surface area contributed by atoms with Crippen molar-refractivity contribution in [2.24, 2.45) is 0 Å². The largest absolute Gasteiger partial charge is 0.456 e. The summed E-state index contributed by atoms with van der Waals surface area (Å²) in [4.78, 5) is 4.72. The number of anilines is 6. The zero-order valence-electron chi connectivity index (χ0n) is 75.4. The molecule has 0 unspecified atom stereocenters. The van der Waals surface area contributed by atoms with E-state index in [1.165, 1.54) is 105 Å². The molecule has 4 heterocycles. The van der Waals surface area contributed by atoms with Crippen molar-refractivity contribution in [3.63, 3.8) is 0 Å². The van der Waals surface area contributed by atoms with E-state index in [4.69, 9.17) is 8.83 Å². The van der Waals surface area contributed by atoms with Crippen LogP contribution in [0.5, 0.6) is 0 Å². The number of para-hydroxylation sites is 8. The fourth-order valence-corrected chi connectivity index (χ4v) is 20.6. The van der Waals surface area contributed by atoms with Crippen LogP contribution in [0.4, 0.5) is 34.1 Å². The van der Waals surface area contributed by atoms with Crippen LogP contribution in [0.1, 0.15) is 0 Å². The van der Waals surface area contributed by atoms with E-state index in [0.717, 1.165) is 139 Å². The molecule has 6 heteroatoms. The molecule has 0 bridgehead atoms. The van der Waals surface area contributed by atoms with E-state index in [2.05, 4.69) is 529 Å². The third-order valence-electron chi connectivity index (χ3n) is 27.3. The van der Waals surface area contributed by atoms with E-state index in [0.29, 0.717) is 0 Å². The third kappa shape index (κ3) is 15.1. The number of hydrogen-bond acceptors (Lipinski definition) is 4. The molecule has 0 aliphatic carbocycles. The van der Waals surface area contributed by atoms with Crippen molar-refractivity contribution >= 4 is 122 Å². The fraction of sp³-hybridized carbons (Fsp3) is 0. The van der Waals surface area contributed by atoms with E-state index < -0.39 is 0 Å². The Morgan fingerprint density at radius 3 is 0.696 bits per heavy atom. The zero-order chi connectivity index (χ0) is 91.4. The van der Waals surface area contributed by atoms with Gasteiger partial charge in [0.15, 0.2) is 0 Å². The monoisotopic (exact) mass is 1760 g/mol. The van der Waals surface area contributed by atoms with Crippen molar-refractivity contribution in [1.82, 2.24) is 9.13 Å². The Bertz CT molecular complexity index is 8880. The molecule has 26 aromatic rings. The summed E-state index contributed by atoms with van der Waals surface area (Å²) in [5.74, 6) is 0. The summed E-state index contributed by atoms with van der Waals surface area (Å²) >= 11 is 0. The molecule has 0 N–H and O–H groups in total. The molecule has 0 aliphatic heterocycles. The van der Waals surface area contributed by atoms with Crippen LogP contribution in [0.15, 0.2) is 543 Å². The summed E-state index contributed by atoms with van der Waals surface area (Å²) < 4.78 is 17.2. The fourth-order valence-electron chi connectivity index (χ4n) is 20.6. The second-order valence-corrected chi connectivity index (χ2v) is 35.3. The van der Waals surface area contributed by atoms with Gasteiger partial charge in [0.1, 0.15) is 22.3 Å². The van der Waals surface area contributed by atoms with Crippen molar-refractivity contribution in [2.45, 2.75) is 0 Å². The second-order valence-electron chi connectivity index (χ2n) is 35.3. The minimum absolute atomic E-state index is 0.906. The molecule has 26 rings (SSSR count). The lowest BCUT2D eigenvalue weighted by molar-refractivity contribution is 0.668. The van der Waals surface area contributed by atoms with Crippen molar-refractivity contribution in [2.75, 3.05) is 9.80 Å². The molecule has 648 valence electrons. The average Bonchev–Trinajstić information content (AvgIpc) is 1.59. The van der Waals surface area contributed by atoms with Crippen LogP contribution in [0.25, 0.3) is 210 Å². The Morgan fingerprint density at radius 1 is 0.138 bits per heavy atom. The lowest BCUT2D eigenvalue weighted by Gasteiger charge is -2.26. The van der Waals surface area contributed by atoms with Crippen molar-refractivity contribution in [3.8, 4) is 123 Å². The molecule has 0 aliphatic rings. The van der Waals surface area contributed by atoms with Crippen molar-refractivity contribution in [3.05, 3.63) is 534 Å². The Kier molecular flexibility index (Phi) is 20.9. The minimum atomic E-state index is 0.906. The van der Waals surface area contributed by atoms with Crippen LogP contribution >= 0.6 is 0 Å². The highest BCUT2D eigenvalue weighted by Crippen LogP contribution is 2.47. The number of furan rings is 2. The Hall–Kier alpha value is -18.4. The Morgan fingerprint density at radius 2 is 0.355 bits per heavy atom. The Labute approximate surface area is 800 Å². The summed E-state index contributed by atoms with van der Waals surface area (Å²) in [7, 11) is 0. The minimum Gasteiger partial charge on any atom is -0.456 e. The molecule has 6 nitrogen and oxygen atoms in total. The molecule has 0 saturated heterocycles. The van der Waals surface area contributed by atoms with Gasteiger partial charge >= 0.3 is 0 Å². The van der Waals surface area contributed by atoms with E-state index in [-0.39, 0.29) is 0 Å². The molecule has 0 radical (unpaired) electrons. The third-order valence-corrected chi connectivity index (χ3v) is 27.3. The van der Waals surface area contributed by atoms with E-state index >= 15 is 0 Å². The van der Waals surface area contributed by atoms with Gasteiger partial charge in [-0.2, -0.15) is 0 Å². The maximum absolute atomic E-state index is 6.22. The van der Waals surface area contributed by atoms with Gasteiger partial charge < -0.3 is 27.8 Å². The first-order valence-electron chi connectivity index (χ1n) is 47.1. The van der Waals surface area contributed by atoms with Gasteiger partial charge in [-0.25, -0.2) is 0 Å². The lowest BCUT2D eigenvalue weighted by atomic mass is 9.97. The molecule has 0 atom stereocenters. The number of nitrogens with zero attached hydrogens (tertiary/aromatic N) is 4. The van der Waals surface area contributed by atoms with Gasteiger partial charge in [-0.3, -0.25) is 0 Å². The predicted molar refractivity (Wildman–Crippen MR) is 580 cm³/mol. The van der Waals surface area contributed by atoms with E-state index in [1.807, 2.05) is 24.3 Å². The lowest BCUT2D eigenvalue weighted by Crippen LogP contribution is -2.10. The maximum atomic E-state index is 6.22. The topological polar surface area (TPSA) is 42.6 Å². The summed E-state index contributed by atoms with van der Waals surface area (Å²) in [6.45, 7) is 0. The molecule has 0 amide bonds. The highest BCUT2D eigenvalue weighted by atomic mass is 16.3. The highest BCUT2D eigenvalue weighted by molar-refractivity contribution is 6.15. The normalized spacial score (nSPS) is 11.5. The zero-order valence-corrected chi connectivity index (χ0v) is 75.4. The smallest absolute Gasteiger partial charge is 0.136 e. The van der Waals surface area contributed by atoms with Gasteiger partial charge in [-0.15, -0.1) is 0 Å². The van der Waals surface area contributed by atoms with Crippen molar-refractivity contribution < 1.29 is 8.83 Å². The average molecular weight is 1760 g/mol. The van der Waals surface area contributed by atoms with Crippen LogP contribution < -0.4 is 9.80 Å². The quantitative estimate of drug-likeness (QED) is 0.0859.